The minimum atomic E-state index is -2.59. The Kier molecular flexibility index (Phi) is 4.06. The molecule has 0 radical (unpaired) electrons. The molecule has 2 heteroatoms. The van der Waals surface area contributed by atoms with Crippen molar-refractivity contribution in [2.45, 2.75) is 36.5 Å². The van der Waals surface area contributed by atoms with Crippen molar-refractivity contribution < 1.29 is 0 Å². The Morgan fingerprint density at radius 2 is 0.571 bits per heavy atom. The molecule has 0 nitrogen and oxygen atoms in total. The average molecular weight is 580 g/mol. The van der Waals surface area contributed by atoms with Crippen molar-refractivity contribution >= 4 is 36.8 Å². The first-order valence-corrected chi connectivity index (χ1v) is 30.5. The van der Waals surface area contributed by atoms with E-state index in [0.29, 0.717) is 0 Å². The fraction of sp³-hybridized carbons (Fsp3) is 0.308. The Bertz CT molecular complexity index is 890. The van der Waals surface area contributed by atoms with Crippen molar-refractivity contribution in [2.75, 3.05) is 0 Å². The minimum absolute atomic E-state index is 0.108. The number of hydrogen-bond donors (Lipinski definition) is 0. The van der Waals surface area contributed by atoms with Crippen LogP contribution in [-0.4, -0.2) is 36.8 Å². The Morgan fingerprint density at radius 3 is 0.714 bits per heavy atom. The SMILES string of the molecule is [CH3][Sn]([CH3])([CH3])[C]12c3ccccc3[C]([Sn]([CH3])([CH3])[CH3])(c3ccccc31)c1ccccc12. The first-order chi connectivity index (χ1) is 13.2. The van der Waals surface area contributed by atoms with Gasteiger partial charge >= 0.3 is 179 Å². The van der Waals surface area contributed by atoms with Crippen LogP contribution in [0.3, 0.4) is 0 Å². The number of benzene rings is 3. The molecule has 2 bridgehead atoms. The van der Waals surface area contributed by atoms with Gasteiger partial charge in [-0.3, -0.25) is 0 Å². The van der Waals surface area contributed by atoms with E-state index in [1.54, 1.807) is 33.4 Å². The molecular formula is C26H30Sn2. The van der Waals surface area contributed by atoms with Gasteiger partial charge in [-0.15, -0.1) is 0 Å². The first-order valence-electron chi connectivity index (χ1n) is 10.5. The summed E-state index contributed by atoms with van der Waals surface area (Å²) in [6.07, 6.45) is 0. The van der Waals surface area contributed by atoms with Gasteiger partial charge in [0, 0.05) is 0 Å². The van der Waals surface area contributed by atoms with Crippen molar-refractivity contribution in [1.29, 1.82) is 0 Å². The van der Waals surface area contributed by atoms with E-state index in [4.69, 9.17) is 0 Å². The van der Waals surface area contributed by atoms with Crippen molar-refractivity contribution in [1.82, 2.24) is 0 Å². The molecule has 6 rings (SSSR count). The van der Waals surface area contributed by atoms with Crippen molar-refractivity contribution in [3.8, 4) is 0 Å². The molecule has 0 aliphatic heterocycles. The molecule has 0 atom stereocenters. The van der Waals surface area contributed by atoms with E-state index >= 15 is 0 Å². The fourth-order valence-corrected chi connectivity index (χ4v) is 24.3. The zero-order chi connectivity index (χ0) is 19.9. The molecule has 0 saturated heterocycles. The fourth-order valence-electron chi connectivity index (χ4n) is 6.71. The summed E-state index contributed by atoms with van der Waals surface area (Å²) in [5, 5.41) is 0. The van der Waals surface area contributed by atoms with Gasteiger partial charge in [0.15, 0.2) is 0 Å². The molecule has 3 aromatic carbocycles. The molecular weight excluding hydrogens is 550 g/mol. The van der Waals surface area contributed by atoms with Crippen LogP contribution in [0.15, 0.2) is 72.8 Å². The molecule has 0 fully saturated rings. The van der Waals surface area contributed by atoms with Gasteiger partial charge in [0.1, 0.15) is 0 Å². The van der Waals surface area contributed by atoms with Crippen LogP contribution < -0.4 is 0 Å². The molecule has 0 unspecified atom stereocenters. The van der Waals surface area contributed by atoms with Crippen LogP contribution in [0.1, 0.15) is 33.4 Å². The average Bonchev–Trinajstić information content (AvgIpc) is 2.65. The van der Waals surface area contributed by atoms with Crippen molar-refractivity contribution in [2.24, 2.45) is 0 Å². The van der Waals surface area contributed by atoms with Gasteiger partial charge < -0.3 is 0 Å². The second-order valence-corrected chi connectivity index (χ2v) is 40.6. The molecule has 0 aromatic heterocycles. The Balaban J connectivity index is 2.13. The third-order valence-corrected chi connectivity index (χ3v) is 24.9. The van der Waals surface area contributed by atoms with Crippen LogP contribution >= 0.6 is 0 Å². The number of hydrogen-bond acceptors (Lipinski definition) is 0. The van der Waals surface area contributed by atoms with Gasteiger partial charge in [-0.2, -0.15) is 0 Å². The zero-order valence-electron chi connectivity index (χ0n) is 17.9. The molecule has 0 amide bonds. The molecule has 28 heavy (non-hydrogen) atoms. The molecule has 0 saturated carbocycles. The predicted octanol–water partition coefficient (Wildman–Crippen LogP) is 6.74. The van der Waals surface area contributed by atoms with Crippen LogP contribution in [-0.2, 0) is 6.86 Å². The molecule has 3 aromatic rings. The van der Waals surface area contributed by atoms with Gasteiger partial charge in [0.2, 0.25) is 0 Å². The van der Waals surface area contributed by atoms with E-state index in [-0.39, 0.29) is 6.86 Å². The Hall–Kier alpha value is -0.743. The Morgan fingerprint density at radius 1 is 0.393 bits per heavy atom. The third kappa shape index (κ3) is 2.00. The predicted molar refractivity (Wildman–Crippen MR) is 126 cm³/mol. The van der Waals surface area contributed by atoms with E-state index in [9.17, 15) is 0 Å². The van der Waals surface area contributed by atoms with Crippen LogP contribution in [0.2, 0.25) is 29.6 Å². The molecule has 3 aliphatic carbocycles. The van der Waals surface area contributed by atoms with E-state index in [1.807, 2.05) is 0 Å². The van der Waals surface area contributed by atoms with Gasteiger partial charge in [-0.1, -0.05) is 0 Å². The number of rotatable bonds is 2. The molecule has 3 aliphatic rings. The normalized spacial score (nSPS) is 25.1. The molecule has 142 valence electrons. The van der Waals surface area contributed by atoms with Gasteiger partial charge in [-0.25, -0.2) is 0 Å². The maximum atomic E-state index is 2.64. The van der Waals surface area contributed by atoms with E-state index in [0.717, 1.165) is 0 Å². The van der Waals surface area contributed by atoms with Gasteiger partial charge in [-0.05, 0) is 0 Å². The van der Waals surface area contributed by atoms with Crippen molar-refractivity contribution in [3.05, 3.63) is 106 Å². The monoisotopic (exact) mass is 582 g/mol. The topological polar surface area (TPSA) is 0 Å². The summed E-state index contributed by atoms with van der Waals surface area (Å²) in [5.74, 6) is 0. The summed E-state index contributed by atoms with van der Waals surface area (Å²) in [6, 6.07) is 28.6. The summed E-state index contributed by atoms with van der Waals surface area (Å²) < 4.78 is 0.217. The second kappa shape index (κ2) is 5.91. The quantitative estimate of drug-likeness (QED) is 0.295. The van der Waals surface area contributed by atoms with Gasteiger partial charge in [0.05, 0.1) is 0 Å². The third-order valence-electron chi connectivity index (χ3n) is 7.46. The summed E-state index contributed by atoms with van der Waals surface area (Å²) >= 11 is -5.18. The molecule has 0 heterocycles. The first kappa shape index (κ1) is 19.2. The van der Waals surface area contributed by atoms with Gasteiger partial charge in [0.25, 0.3) is 0 Å². The van der Waals surface area contributed by atoms with Crippen LogP contribution in [0.25, 0.3) is 0 Å². The maximum absolute atomic E-state index is 2.64. The standard InChI is InChI=1S/C20H12.6CH3.2Sn/c1-2-8-14-13(7-1)19-15-9-3-5-11-17(15)20(14)18-12-6-4-10-16(18)19;;;;;;;;/h1-12H;6*1H3;;. The van der Waals surface area contributed by atoms with Crippen molar-refractivity contribution in [3.63, 3.8) is 0 Å². The Labute approximate surface area is 178 Å². The van der Waals surface area contributed by atoms with E-state index in [1.165, 1.54) is 0 Å². The van der Waals surface area contributed by atoms with E-state index < -0.39 is 36.8 Å². The summed E-state index contributed by atoms with van der Waals surface area (Å²) in [7, 11) is 0. The molecule has 0 N–H and O–H groups in total. The second-order valence-electron chi connectivity index (χ2n) is 10.6. The van der Waals surface area contributed by atoms with Crippen LogP contribution in [0.5, 0.6) is 0 Å². The molecule has 0 spiro atoms. The van der Waals surface area contributed by atoms with Crippen LogP contribution in [0, 0.1) is 0 Å². The summed E-state index contributed by atoms with van der Waals surface area (Å²) in [4.78, 5) is 15.8. The summed E-state index contributed by atoms with van der Waals surface area (Å²) in [5.41, 5.74) is 9.85. The summed E-state index contributed by atoms with van der Waals surface area (Å²) in [6.45, 7) is 0. The van der Waals surface area contributed by atoms with Crippen LogP contribution in [0.4, 0.5) is 0 Å². The van der Waals surface area contributed by atoms with E-state index in [2.05, 4.69) is 102 Å². The zero-order valence-corrected chi connectivity index (χ0v) is 23.6.